The summed E-state index contributed by atoms with van der Waals surface area (Å²) in [6.45, 7) is 8.74. The van der Waals surface area contributed by atoms with Crippen LogP contribution in [-0.2, 0) is 13.2 Å². The molecule has 4 heteroatoms. The summed E-state index contributed by atoms with van der Waals surface area (Å²) in [6, 6.07) is 14.5. The van der Waals surface area contributed by atoms with Gasteiger partial charge in [0.25, 0.3) is 0 Å². The molecule has 0 aliphatic carbocycles. The molecule has 0 bridgehead atoms. The van der Waals surface area contributed by atoms with Crippen molar-refractivity contribution in [3.05, 3.63) is 88.0 Å². The summed E-state index contributed by atoms with van der Waals surface area (Å²) in [7, 11) is 0. The molecule has 0 aliphatic rings. The van der Waals surface area contributed by atoms with E-state index in [0.29, 0.717) is 6.54 Å². The Morgan fingerprint density at radius 3 is 2.23 bits per heavy atom. The molecule has 0 radical (unpaired) electrons. The van der Waals surface area contributed by atoms with Crippen molar-refractivity contribution in [2.75, 3.05) is 0 Å². The van der Waals surface area contributed by atoms with E-state index in [1.54, 1.807) is 12.1 Å². The van der Waals surface area contributed by atoms with Crippen LogP contribution in [0.1, 0.15) is 73.2 Å². The molecule has 0 atom stereocenters. The van der Waals surface area contributed by atoms with Crippen LogP contribution < -0.4 is 5.73 Å². The standard InChI is InChI=1S/C27H31FN2O/c1-17(2)26-23(13-8-19-6-5-7-20(14-19)15-29)25(21-9-11-22(28)12-10-21)24(16-31)27(30-26)18(3)4/h5-14,17-18,31H,15-16,29H2,1-4H3/b13-8+. The van der Waals surface area contributed by atoms with E-state index in [4.69, 9.17) is 10.7 Å². The van der Waals surface area contributed by atoms with Crippen LogP contribution in [-0.4, -0.2) is 10.1 Å². The predicted octanol–water partition coefficient (Wildman–Crippen LogP) is 6.26. The SMILES string of the molecule is CC(C)c1nc(C(C)C)c(CO)c(-c2ccc(F)cc2)c1/C=C/c1cccc(CN)c1. The lowest BCUT2D eigenvalue weighted by Crippen LogP contribution is -2.10. The second-order valence-corrected chi connectivity index (χ2v) is 8.41. The molecule has 2 aromatic carbocycles. The van der Waals surface area contributed by atoms with Gasteiger partial charge in [-0.2, -0.15) is 0 Å². The van der Waals surface area contributed by atoms with Crippen LogP contribution >= 0.6 is 0 Å². The van der Waals surface area contributed by atoms with Gasteiger partial charge >= 0.3 is 0 Å². The smallest absolute Gasteiger partial charge is 0.123 e. The summed E-state index contributed by atoms with van der Waals surface area (Å²) >= 11 is 0. The van der Waals surface area contributed by atoms with Gasteiger partial charge in [-0.1, -0.05) is 76.2 Å². The molecule has 0 spiro atoms. The summed E-state index contributed by atoms with van der Waals surface area (Å²) in [4.78, 5) is 4.99. The molecule has 1 heterocycles. The first-order chi connectivity index (χ1) is 14.8. The van der Waals surface area contributed by atoms with Crippen molar-refractivity contribution in [3.8, 4) is 11.1 Å². The molecule has 0 aliphatic heterocycles. The highest BCUT2D eigenvalue weighted by molar-refractivity contribution is 5.84. The fraction of sp³-hybridized carbons (Fsp3) is 0.296. The molecule has 0 saturated carbocycles. The normalized spacial score (nSPS) is 11.8. The lowest BCUT2D eigenvalue weighted by molar-refractivity contribution is 0.280. The molecule has 0 saturated heterocycles. The Kier molecular flexibility index (Phi) is 7.37. The molecule has 162 valence electrons. The number of aliphatic hydroxyl groups is 1. The number of benzene rings is 2. The fourth-order valence-corrected chi connectivity index (χ4v) is 3.87. The molecule has 3 aromatic rings. The van der Waals surface area contributed by atoms with Crippen molar-refractivity contribution in [3.63, 3.8) is 0 Å². The van der Waals surface area contributed by atoms with E-state index < -0.39 is 0 Å². The Hall–Kier alpha value is -2.82. The summed E-state index contributed by atoms with van der Waals surface area (Å²) in [5, 5.41) is 10.3. The highest BCUT2D eigenvalue weighted by Gasteiger charge is 2.22. The highest BCUT2D eigenvalue weighted by atomic mass is 19.1. The van der Waals surface area contributed by atoms with Crippen molar-refractivity contribution in [1.82, 2.24) is 4.98 Å². The molecular formula is C27H31FN2O. The van der Waals surface area contributed by atoms with Crippen LogP contribution in [0.3, 0.4) is 0 Å². The largest absolute Gasteiger partial charge is 0.392 e. The molecule has 0 amide bonds. The minimum absolute atomic E-state index is 0.130. The number of hydrogen-bond donors (Lipinski definition) is 2. The molecule has 1 aromatic heterocycles. The number of rotatable bonds is 7. The van der Waals surface area contributed by atoms with E-state index >= 15 is 0 Å². The van der Waals surface area contributed by atoms with Gasteiger partial charge in [0.15, 0.2) is 0 Å². The second-order valence-electron chi connectivity index (χ2n) is 8.41. The Balaban J connectivity index is 2.30. The van der Waals surface area contributed by atoms with E-state index in [2.05, 4.69) is 39.8 Å². The maximum atomic E-state index is 13.7. The van der Waals surface area contributed by atoms with Gasteiger partial charge in [0.05, 0.1) is 12.3 Å². The summed E-state index contributed by atoms with van der Waals surface area (Å²) in [5.41, 5.74) is 13.3. The number of pyridine rings is 1. The lowest BCUT2D eigenvalue weighted by Gasteiger charge is -2.23. The van der Waals surface area contributed by atoms with Crippen LogP contribution in [0.25, 0.3) is 23.3 Å². The number of aliphatic hydroxyl groups excluding tert-OH is 1. The Labute approximate surface area is 184 Å². The molecule has 3 rings (SSSR count). The van der Waals surface area contributed by atoms with Crippen molar-refractivity contribution in [1.29, 1.82) is 0 Å². The monoisotopic (exact) mass is 418 g/mol. The molecule has 31 heavy (non-hydrogen) atoms. The van der Waals surface area contributed by atoms with Gasteiger partial charge in [0, 0.05) is 23.4 Å². The van der Waals surface area contributed by atoms with E-state index in [9.17, 15) is 9.50 Å². The Morgan fingerprint density at radius 2 is 1.65 bits per heavy atom. The first kappa shape index (κ1) is 22.9. The zero-order valence-corrected chi connectivity index (χ0v) is 18.7. The van der Waals surface area contributed by atoms with Crippen molar-refractivity contribution in [2.24, 2.45) is 5.73 Å². The van der Waals surface area contributed by atoms with E-state index in [1.165, 1.54) is 12.1 Å². The average molecular weight is 419 g/mol. The minimum atomic E-state index is -0.285. The number of halogens is 1. The van der Waals surface area contributed by atoms with Crippen molar-refractivity contribution < 1.29 is 9.50 Å². The second kappa shape index (κ2) is 9.99. The first-order valence-corrected chi connectivity index (χ1v) is 10.8. The van der Waals surface area contributed by atoms with Crippen LogP contribution in [0, 0.1) is 5.82 Å². The van der Waals surface area contributed by atoms with Gasteiger partial charge in [0.1, 0.15) is 5.82 Å². The number of nitrogens with two attached hydrogens (primary N) is 1. The number of hydrogen-bond acceptors (Lipinski definition) is 3. The first-order valence-electron chi connectivity index (χ1n) is 10.8. The lowest BCUT2D eigenvalue weighted by atomic mass is 9.87. The van der Waals surface area contributed by atoms with Gasteiger partial charge < -0.3 is 10.8 Å². The quantitative estimate of drug-likeness (QED) is 0.476. The fourth-order valence-electron chi connectivity index (χ4n) is 3.87. The van der Waals surface area contributed by atoms with Crippen LogP contribution in [0.4, 0.5) is 4.39 Å². The maximum absolute atomic E-state index is 13.7. The van der Waals surface area contributed by atoms with E-state index in [1.807, 2.05) is 24.3 Å². The zero-order valence-electron chi connectivity index (χ0n) is 18.7. The van der Waals surface area contributed by atoms with Gasteiger partial charge in [0.2, 0.25) is 0 Å². The Bertz CT molecular complexity index is 1070. The average Bonchev–Trinajstić information content (AvgIpc) is 2.77. The van der Waals surface area contributed by atoms with Crippen LogP contribution in [0.15, 0.2) is 48.5 Å². The molecule has 3 N–H and O–H groups in total. The molecule has 0 fully saturated rings. The highest BCUT2D eigenvalue weighted by Crippen LogP contribution is 2.37. The van der Waals surface area contributed by atoms with Gasteiger partial charge in [-0.05, 0) is 46.2 Å². The summed E-state index contributed by atoms with van der Waals surface area (Å²) < 4.78 is 13.7. The van der Waals surface area contributed by atoms with Crippen LogP contribution in [0.5, 0.6) is 0 Å². The third-order valence-electron chi connectivity index (χ3n) is 5.41. The number of nitrogens with zero attached hydrogens (tertiary/aromatic N) is 1. The van der Waals surface area contributed by atoms with Crippen molar-refractivity contribution in [2.45, 2.75) is 52.7 Å². The topological polar surface area (TPSA) is 59.1 Å². The maximum Gasteiger partial charge on any atom is 0.123 e. The minimum Gasteiger partial charge on any atom is -0.392 e. The van der Waals surface area contributed by atoms with Gasteiger partial charge in [-0.15, -0.1) is 0 Å². The van der Waals surface area contributed by atoms with Gasteiger partial charge in [-0.3, -0.25) is 4.98 Å². The molecule has 3 nitrogen and oxygen atoms in total. The zero-order chi connectivity index (χ0) is 22.5. The van der Waals surface area contributed by atoms with Crippen molar-refractivity contribution >= 4 is 12.2 Å². The van der Waals surface area contributed by atoms with Gasteiger partial charge in [-0.25, -0.2) is 4.39 Å². The van der Waals surface area contributed by atoms with E-state index in [0.717, 1.165) is 44.8 Å². The predicted molar refractivity (Wildman–Crippen MR) is 127 cm³/mol. The summed E-state index contributed by atoms with van der Waals surface area (Å²) in [6.07, 6.45) is 4.10. The third-order valence-corrected chi connectivity index (χ3v) is 5.41. The third kappa shape index (κ3) is 5.09. The molecular weight excluding hydrogens is 387 g/mol. The van der Waals surface area contributed by atoms with E-state index in [-0.39, 0.29) is 24.3 Å². The summed E-state index contributed by atoms with van der Waals surface area (Å²) in [5.74, 6) is 0.0461. The Morgan fingerprint density at radius 1 is 0.968 bits per heavy atom. The van der Waals surface area contributed by atoms with Crippen LogP contribution in [0.2, 0.25) is 0 Å². The number of aromatic nitrogens is 1. The molecule has 0 unspecified atom stereocenters.